The van der Waals surface area contributed by atoms with Gasteiger partial charge < -0.3 is 19.5 Å². The topological polar surface area (TPSA) is 114 Å². The van der Waals surface area contributed by atoms with Crippen molar-refractivity contribution in [2.24, 2.45) is 7.05 Å². The molecule has 10 heteroatoms. The van der Waals surface area contributed by atoms with Crippen LogP contribution in [0.4, 0.5) is 0 Å². The summed E-state index contributed by atoms with van der Waals surface area (Å²) < 4.78 is 18.5. The van der Waals surface area contributed by atoms with Crippen molar-refractivity contribution in [2.75, 3.05) is 13.4 Å². The third-order valence-electron chi connectivity index (χ3n) is 5.28. The Bertz CT molecular complexity index is 1310. The van der Waals surface area contributed by atoms with Crippen molar-refractivity contribution in [1.29, 1.82) is 0 Å². The van der Waals surface area contributed by atoms with E-state index in [2.05, 4.69) is 10.3 Å². The van der Waals surface area contributed by atoms with Crippen LogP contribution in [0.5, 0.6) is 17.2 Å². The van der Waals surface area contributed by atoms with Crippen molar-refractivity contribution in [3.63, 3.8) is 0 Å². The zero-order chi connectivity index (χ0) is 22.8. The molecule has 0 aliphatic carbocycles. The Hall–Kier alpha value is -3.82. The summed E-state index contributed by atoms with van der Waals surface area (Å²) in [6.45, 7) is 4.05. The van der Waals surface area contributed by atoms with Crippen molar-refractivity contribution in [2.45, 2.75) is 33.4 Å². The first-order valence-corrected chi connectivity index (χ1v) is 10.3. The second-order valence-corrected chi connectivity index (χ2v) is 7.29. The molecule has 10 nitrogen and oxygen atoms in total. The Morgan fingerprint density at radius 2 is 2.00 bits per heavy atom. The molecule has 1 aliphatic heterocycles. The Kier molecular flexibility index (Phi) is 5.85. The van der Waals surface area contributed by atoms with Crippen molar-refractivity contribution in [1.82, 2.24) is 19.4 Å². The first-order valence-electron chi connectivity index (χ1n) is 10.3. The number of benzene rings is 1. The number of nitrogens with zero attached hydrogens (tertiary/aromatic N) is 3. The third kappa shape index (κ3) is 3.79. The maximum atomic E-state index is 13.2. The molecule has 0 radical (unpaired) electrons. The number of ether oxygens (including phenoxy) is 3. The van der Waals surface area contributed by atoms with Gasteiger partial charge in [-0.25, -0.2) is 14.3 Å². The van der Waals surface area contributed by atoms with Crippen molar-refractivity contribution in [3.8, 4) is 17.2 Å². The highest BCUT2D eigenvalue weighted by atomic mass is 16.7. The lowest BCUT2D eigenvalue weighted by molar-refractivity contribution is -0.121. The first-order chi connectivity index (χ1) is 15.4. The zero-order valence-electron chi connectivity index (χ0n) is 18.1. The molecule has 1 amide bonds. The predicted octanol–water partition coefficient (Wildman–Crippen LogP) is 1.10. The van der Waals surface area contributed by atoms with E-state index >= 15 is 0 Å². The number of fused-ring (bicyclic) bond motifs is 2. The van der Waals surface area contributed by atoms with Crippen LogP contribution in [-0.4, -0.2) is 33.4 Å². The Labute approximate surface area is 183 Å². The van der Waals surface area contributed by atoms with Crippen LogP contribution in [0.3, 0.4) is 0 Å². The van der Waals surface area contributed by atoms with Crippen LogP contribution in [0.25, 0.3) is 11.0 Å². The van der Waals surface area contributed by atoms with E-state index in [4.69, 9.17) is 14.2 Å². The highest BCUT2D eigenvalue weighted by molar-refractivity contribution is 5.83. The molecular formula is C22H24N4O6. The van der Waals surface area contributed by atoms with Crippen LogP contribution in [0.1, 0.15) is 25.0 Å². The van der Waals surface area contributed by atoms with Gasteiger partial charge in [0.1, 0.15) is 17.7 Å². The molecule has 0 saturated carbocycles. The molecule has 0 unspecified atom stereocenters. The monoisotopic (exact) mass is 440 g/mol. The predicted molar refractivity (Wildman–Crippen MR) is 116 cm³/mol. The number of aryl methyl sites for hydroxylation is 2. The molecule has 3 heterocycles. The minimum atomic E-state index is -0.625. The average molecular weight is 440 g/mol. The van der Waals surface area contributed by atoms with Gasteiger partial charge >= 0.3 is 5.69 Å². The summed E-state index contributed by atoms with van der Waals surface area (Å²) in [6, 6.07) is 5.35. The Balaban J connectivity index is 1.63. The molecule has 0 atom stereocenters. The van der Waals surface area contributed by atoms with E-state index in [9.17, 15) is 14.4 Å². The standard InChI is InChI=1S/C22H24N4O6/c1-4-14-10-24-20-18(19(14)30-5-2)21(28)26(22(29)25(20)3)11-17(27)23-9-13-6-7-15-16(8-13)32-12-31-15/h6-8,10H,4-5,9,11-12H2,1-3H3,(H,23,27). The summed E-state index contributed by atoms with van der Waals surface area (Å²) in [6.07, 6.45) is 2.21. The van der Waals surface area contributed by atoms with Gasteiger partial charge in [-0.1, -0.05) is 13.0 Å². The summed E-state index contributed by atoms with van der Waals surface area (Å²) >= 11 is 0. The summed E-state index contributed by atoms with van der Waals surface area (Å²) in [5.74, 6) is 1.18. The normalized spacial score (nSPS) is 12.2. The van der Waals surface area contributed by atoms with E-state index in [1.54, 1.807) is 24.4 Å². The van der Waals surface area contributed by atoms with Crippen molar-refractivity contribution in [3.05, 3.63) is 56.4 Å². The number of carbonyl (C=O) groups is 1. The molecule has 0 spiro atoms. The molecule has 168 valence electrons. The second kappa shape index (κ2) is 8.74. The lowest BCUT2D eigenvalue weighted by Gasteiger charge is -2.15. The quantitative estimate of drug-likeness (QED) is 0.585. The van der Waals surface area contributed by atoms with E-state index in [-0.39, 0.29) is 24.4 Å². The minimum Gasteiger partial charge on any atom is -0.493 e. The summed E-state index contributed by atoms with van der Waals surface area (Å²) in [4.78, 5) is 42.9. The maximum Gasteiger partial charge on any atom is 0.332 e. The number of hydrogen-bond acceptors (Lipinski definition) is 7. The van der Waals surface area contributed by atoms with E-state index in [0.717, 1.165) is 15.7 Å². The fourth-order valence-corrected chi connectivity index (χ4v) is 3.62. The average Bonchev–Trinajstić information content (AvgIpc) is 3.27. The molecular weight excluding hydrogens is 416 g/mol. The number of amides is 1. The highest BCUT2D eigenvalue weighted by Gasteiger charge is 2.20. The van der Waals surface area contributed by atoms with Crippen molar-refractivity contribution < 1.29 is 19.0 Å². The largest absolute Gasteiger partial charge is 0.493 e. The van der Waals surface area contributed by atoms with Gasteiger partial charge in [-0.3, -0.25) is 14.2 Å². The fraction of sp³-hybridized carbons (Fsp3) is 0.364. The van der Waals surface area contributed by atoms with E-state index in [1.165, 1.54) is 11.6 Å². The molecule has 0 saturated heterocycles. The number of nitrogens with one attached hydrogen (secondary N) is 1. The van der Waals surface area contributed by atoms with E-state index in [0.29, 0.717) is 30.3 Å². The van der Waals surface area contributed by atoms with Gasteiger partial charge in [0.2, 0.25) is 12.7 Å². The van der Waals surface area contributed by atoms with Gasteiger partial charge in [-0.05, 0) is 31.0 Å². The van der Waals surface area contributed by atoms with Gasteiger partial charge in [-0.15, -0.1) is 0 Å². The van der Waals surface area contributed by atoms with Gasteiger partial charge in [0, 0.05) is 25.4 Å². The molecule has 1 N–H and O–H groups in total. The number of hydrogen-bond donors (Lipinski definition) is 1. The molecule has 4 rings (SSSR count). The van der Waals surface area contributed by atoms with Gasteiger partial charge in [0.15, 0.2) is 17.1 Å². The Morgan fingerprint density at radius 3 is 2.75 bits per heavy atom. The summed E-state index contributed by atoms with van der Waals surface area (Å²) in [5.41, 5.74) is 0.552. The van der Waals surface area contributed by atoms with Crippen molar-refractivity contribution >= 4 is 16.9 Å². The minimum absolute atomic E-state index is 0.164. The molecule has 0 fully saturated rings. The molecule has 1 aromatic carbocycles. The molecule has 1 aliphatic rings. The summed E-state index contributed by atoms with van der Waals surface area (Å²) in [7, 11) is 1.51. The van der Waals surface area contributed by atoms with Crippen LogP contribution in [0.2, 0.25) is 0 Å². The number of pyridine rings is 1. The molecule has 0 bridgehead atoms. The van der Waals surface area contributed by atoms with Gasteiger partial charge in [0.05, 0.1) is 6.61 Å². The summed E-state index contributed by atoms with van der Waals surface area (Å²) in [5, 5.41) is 2.92. The van der Waals surface area contributed by atoms with E-state index < -0.39 is 23.7 Å². The van der Waals surface area contributed by atoms with Crippen LogP contribution >= 0.6 is 0 Å². The molecule has 2 aromatic heterocycles. The van der Waals surface area contributed by atoms with Crippen LogP contribution in [-0.2, 0) is 31.4 Å². The first kappa shape index (κ1) is 21.4. The van der Waals surface area contributed by atoms with E-state index in [1.807, 2.05) is 13.8 Å². The van der Waals surface area contributed by atoms with Gasteiger partial charge in [0.25, 0.3) is 5.56 Å². The van der Waals surface area contributed by atoms with Crippen LogP contribution < -0.4 is 30.8 Å². The van der Waals surface area contributed by atoms with Crippen LogP contribution in [0, 0.1) is 0 Å². The fourth-order valence-electron chi connectivity index (χ4n) is 3.62. The smallest absolute Gasteiger partial charge is 0.332 e. The second-order valence-electron chi connectivity index (χ2n) is 7.29. The number of rotatable bonds is 7. The molecule has 32 heavy (non-hydrogen) atoms. The number of aromatic nitrogens is 3. The van der Waals surface area contributed by atoms with Crippen LogP contribution in [0.15, 0.2) is 34.0 Å². The third-order valence-corrected chi connectivity index (χ3v) is 5.28. The SMILES string of the molecule is CCOc1c(CC)cnc2c1c(=O)n(CC(=O)NCc1ccc3c(c1)OCO3)c(=O)n2C. The maximum absolute atomic E-state index is 13.2. The lowest BCUT2D eigenvalue weighted by atomic mass is 10.1. The van der Waals surface area contributed by atoms with Gasteiger partial charge in [-0.2, -0.15) is 0 Å². The highest BCUT2D eigenvalue weighted by Crippen LogP contribution is 2.32. The number of carbonyl (C=O) groups excluding carboxylic acids is 1. The lowest BCUT2D eigenvalue weighted by Crippen LogP contribution is -2.43. The molecule has 3 aromatic rings. The Morgan fingerprint density at radius 1 is 1.22 bits per heavy atom. The zero-order valence-corrected chi connectivity index (χ0v) is 18.1.